The van der Waals surface area contributed by atoms with Crippen molar-refractivity contribution in [3.8, 4) is 0 Å². The van der Waals surface area contributed by atoms with Gasteiger partial charge < -0.3 is 9.30 Å². The van der Waals surface area contributed by atoms with Crippen LogP contribution in [-0.4, -0.2) is 47.8 Å². The van der Waals surface area contributed by atoms with Gasteiger partial charge in [0.15, 0.2) is 5.28 Å². The first-order valence-electron chi connectivity index (χ1n) is 7.44. The van der Waals surface area contributed by atoms with Gasteiger partial charge in [0.1, 0.15) is 6.61 Å². The van der Waals surface area contributed by atoms with E-state index in [1.807, 2.05) is 0 Å². The van der Waals surface area contributed by atoms with Gasteiger partial charge in [-0.25, -0.2) is 10.6 Å². The summed E-state index contributed by atoms with van der Waals surface area (Å²) in [4.78, 5) is 24.5. The minimum Gasteiger partial charge on any atom is -0.445 e. The monoisotopic (exact) mass is 406 g/mol. The highest BCUT2D eigenvalue weighted by Gasteiger charge is 2.53. The maximum Gasteiger partial charge on any atom is 0.408 e. The third-order valence-corrected chi connectivity index (χ3v) is 5.57. The Hall–Kier alpha value is -1.98. The fourth-order valence-corrected chi connectivity index (χ4v) is 4.19. The van der Waals surface area contributed by atoms with Gasteiger partial charge in [0.2, 0.25) is 0 Å². The quantitative estimate of drug-likeness (QED) is 0.207. The van der Waals surface area contributed by atoms with Crippen molar-refractivity contribution < 1.29 is 31.9 Å². The van der Waals surface area contributed by atoms with E-state index in [0.29, 0.717) is 5.56 Å². The van der Waals surface area contributed by atoms with Gasteiger partial charge in [0, 0.05) is 6.54 Å². The van der Waals surface area contributed by atoms with Crippen LogP contribution in [0.2, 0.25) is 0 Å². The molecule has 0 spiro atoms. The standard InChI is InChI=1S/C13H19N4O7PS/c14-17-7-6-10(16-26(21,22)23)13(25-20,11(17)18)15-12(19)24-8-9-4-2-1-3-5-9/h1-5,10,16H,6-8,14,25H2,(H,15,19)(H,21,22,23)/t10-,13+/m0/s1. The topological polar surface area (TPSA) is 168 Å². The van der Waals surface area contributed by atoms with Crippen LogP contribution in [0.25, 0.3) is 0 Å². The van der Waals surface area contributed by atoms with E-state index >= 15 is 0 Å². The van der Waals surface area contributed by atoms with Crippen molar-refractivity contribution in [3.63, 3.8) is 0 Å². The van der Waals surface area contributed by atoms with Crippen LogP contribution in [0.5, 0.6) is 0 Å². The van der Waals surface area contributed by atoms with Gasteiger partial charge >= 0.3 is 16.4 Å². The molecule has 1 aliphatic heterocycles. The van der Waals surface area contributed by atoms with Crippen LogP contribution in [0.4, 0.5) is 4.79 Å². The fraction of sp³-hybridized carbons (Fsp3) is 0.385. The van der Waals surface area contributed by atoms with Crippen LogP contribution in [0.3, 0.4) is 0 Å². The van der Waals surface area contributed by atoms with Crippen LogP contribution in [-0.2, 0) is 31.0 Å². The third kappa shape index (κ3) is 4.80. The van der Waals surface area contributed by atoms with Crippen molar-refractivity contribution >= 4 is 30.8 Å². The van der Waals surface area contributed by atoms with E-state index in [9.17, 15) is 22.6 Å². The molecule has 1 fully saturated rings. The van der Waals surface area contributed by atoms with Crippen molar-refractivity contribution in [1.29, 1.82) is 0 Å². The Morgan fingerprint density at radius 1 is 1.42 bits per heavy atom. The molecule has 1 unspecified atom stereocenters. The third-order valence-electron chi connectivity index (χ3n) is 3.82. The maximum atomic E-state index is 12.4. The minimum absolute atomic E-state index is 0.0616. The number of ether oxygens (including phenoxy) is 1. The Bertz CT molecular complexity index is 791. The summed E-state index contributed by atoms with van der Waals surface area (Å²) in [6, 6.07) is 7.32. The molecule has 11 nitrogen and oxygen atoms in total. The molecule has 0 bridgehead atoms. The highest BCUT2D eigenvalue weighted by Crippen LogP contribution is 2.32. The second-order valence-corrected chi connectivity index (χ2v) is 7.94. The number of amides is 2. The molecule has 0 aliphatic carbocycles. The van der Waals surface area contributed by atoms with Gasteiger partial charge in [0.25, 0.3) is 5.91 Å². The van der Waals surface area contributed by atoms with Crippen molar-refractivity contribution in [2.45, 2.75) is 24.3 Å². The molecule has 0 radical (unpaired) electrons. The molecule has 0 aromatic heterocycles. The molecule has 144 valence electrons. The van der Waals surface area contributed by atoms with Crippen molar-refractivity contribution in [3.05, 3.63) is 35.9 Å². The molecular formula is C13H19N4O7PS. The van der Waals surface area contributed by atoms with Crippen LogP contribution in [0, 0.1) is 0 Å². The minimum atomic E-state index is -4.72. The number of piperidine rings is 1. The summed E-state index contributed by atoms with van der Waals surface area (Å²) in [6.45, 7) is -0.179. The lowest BCUT2D eigenvalue weighted by molar-refractivity contribution is -0.138. The molecule has 5 N–H and O–H groups in total. The fourth-order valence-electron chi connectivity index (χ4n) is 2.55. The molecule has 3 atom stereocenters. The summed E-state index contributed by atoms with van der Waals surface area (Å²) in [7, 11) is -6.78. The lowest BCUT2D eigenvalue weighted by Crippen LogP contribution is -2.71. The number of nitrogens with zero attached hydrogens (tertiary/aromatic N) is 1. The van der Waals surface area contributed by atoms with E-state index in [1.54, 1.807) is 35.1 Å². The van der Waals surface area contributed by atoms with Crippen LogP contribution < -0.4 is 15.9 Å². The number of carbonyl (C=O) groups excluding carboxylic acids is 2. The molecule has 1 aromatic carbocycles. The van der Waals surface area contributed by atoms with Gasteiger partial charge in [-0.2, -0.15) is 13.1 Å². The van der Waals surface area contributed by atoms with Crippen LogP contribution >= 0.6 is 8.46 Å². The van der Waals surface area contributed by atoms with Gasteiger partial charge in [-0.05, 0) is 12.0 Å². The smallest absolute Gasteiger partial charge is 0.408 e. The molecule has 1 aliphatic rings. The molecule has 1 aromatic rings. The summed E-state index contributed by atoms with van der Waals surface area (Å²) in [6.07, 6.45) is -1.15. The average molecular weight is 406 g/mol. The van der Waals surface area contributed by atoms with E-state index in [0.717, 1.165) is 5.01 Å². The molecular weight excluding hydrogens is 387 g/mol. The molecule has 26 heavy (non-hydrogen) atoms. The normalized spacial score (nSPS) is 24.0. The molecule has 1 heterocycles. The van der Waals surface area contributed by atoms with Gasteiger partial charge in [0.05, 0.1) is 14.5 Å². The zero-order chi connectivity index (χ0) is 19.4. The van der Waals surface area contributed by atoms with Crippen LogP contribution in [0.15, 0.2) is 30.3 Å². The van der Waals surface area contributed by atoms with E-state index in [1.165, 1.54) is 0 Å². The lowest BCUT2D eigenvalue weighted by Gasteiger charge is -2.42. The average Bonchev–Trinajstić information content (AvgIpc) is 2.59. The lowest BCUT2D eigenvalue weighted by atomic mass is 9.99. The van der Waals surface area contributed by atoms with Crippen molar-refractivity contribution in [2.75, 3.05) is 6.54 Å². The number of alkyl carbamates (subject to hydrolysis) is 1. The number of rotatable bonds is 6. The Kier molecular flexibility index (Phi) is 6.37. The Morgan fingerprint density at radius 3 is 2.65 bits per heavy atom. The van der Waals surface area contributed by atoms with Crippen molar-refractivity contribution in [1.82, 2.24) is 15.0 Å². The second kappa shape index (κ2) is 8.14. The number of hydrogen-bond donors (Lipinski definition) is 4. The second-order valence-electron chi connectivity index (χ2n) is 5.61. The number of carbonyl (C=O) groups is 2. The summed E-state index contributed by atoms with van der Waals surface area (Å²) in [5.41, 5.74) is 0.675. The van der Waals surface area contributed by atoms with E-state index in [-0.39, 0.29) is 19.6 Å². The first-order valence-corrected chi connectivity index (χ1v) is 9.93. The molecule has 13 heteroatoms. The summed E-state index contributed by atoms with van der Waals surface area (Å²) < 4.78 is 49.9. The number of benzene rings is 1. The highest BCUT2D eigenvalue weighted by atomic mass is 32.2. The van der Waals surface area contributed by atoms with E-state index < -0.39 is 42.1 Å². The van der Waals surface area contributed by atoms with Gasteiger partial charge in [-0.3, -0.25) is 19.7 Å². The number of hydrazine groups is 1. The number of nitrogens with two attached hydrogens (primary N) is 1. The van der Waals surface area contributed by atoms with Crippen molar-refractivity contribution in [2.24, 2.45) is 5.84 Å². The maximum absolute atomic E-state index is 12.4. The van der Waals surface area contributed by atoms with Crippen LogP contribution in [0.1, 0.15) is 12.0 Å². The zero-order valence-electron chi connectivity index (χ0n) is 13.5. The number of nitrogens with one attached hydrogen (secondary N) is 2. The molecule has 0 saturated carbocycles. The summed E-state index contributed by atoms with van der Waals surface area (Å²) in [5, 5.41) is 0.744. The van der Waals surface area contributed by atoms with E-state index in [4.69, 9.17) is 15.1 Å². The molecule has 2 rings (SSSR count). The highest BCUT2D eigenvalue weighted by molar-refractivity contribution is 7.83. The Morgan fingerprint density at radius 2 is 2.08 bits per heavy atom. The predicted molar refractivity (Wildman–Crippen MR) is 91.9 cm³/mol. The number of hydrogen-bond acceptors (Lipinski definition) is 7. The van der Waals surface area contributed by atoms with Gasteiger partial charge in [-0.15, -0.1) is 0 Å². The zero-order valence-corrected chi connectivity index (χ0v) is 15.5. The SMILES string of the molecule is NN1CC[C@H](NS(=O)(=O)O)[C@@](NC(=O)OCc2ccccc2)([PH2]=O)C1=O. The molecule has 1 saturated heterocycles. The largest absolute Gasteiger partial charge is 0.445 e. The Balaban J connectivity index is 2.18. The first-order chi connectivity index (χ1) is 12.2. The summed E-state index contributed by atoms with van der Waals surface area (Å²) >= 11 is 0. The first kappa shape index (κ1) is 20.3. The predicted octanol–water partition coefficient (Wildman–Crippen LogP) is -0.768. The summed E-state index contributed by atoms with van der Waals surface area (Å²) in [5.74, 6) is 4.57. The molecule has 2 amide bonds. The van der Waals surface area contributed by atoms with E-state index in [2.05, 4.69) is 5.32 Å². The Labute approximate surface area is 150 Å². The van der Waals surface area contributed by atoms with Gasteiger partial charge in [-0.1, -0.05) is 30.3 Å².